The second-order valence-electron chi connectivity index (χ2n) is 5.14. The Bertz CT molecular complexity index is 583. The molecule has 0 spiro atoms. The Labute approximate surface area is 125 Å². The summed E-state index contributed by atoms with van der Waals surface area (Å²) in [6.07, 6.45) is 3.09. The van der Waals surface area contributed by atoms with E-state index in [-0.39, 0.29) is 24.5 Å². The molecule has 3 rings (SSSR count). The zero-order valence-electron chi connectivity index (χ0n) is 11.0. The Morgan fingerprint density at radius 3 is 2.90 bits per heavy atom. The number of rotatable bonds is 5. The fourth-order valence-corrected chi connectivity index (χ4v) is 3.97. The van der Waals surface area contributed by atoms with Crippen LogP contribution in [0.1, 0.15) is 25.0 Å². The van der Waals surface area contributed by atoms with Crippen molar-refractivity contribution in [3.8, 4) is 9.88 Å². The molecule has 106 valence electrons. The van der Waals surface area contributed by atoms with Crippen molar-refractivity contribution < 1.29 is 9.90 Å². The summed E-state index contributed by atoms with van der Waals surface area (Å²) in [6.45, 7) is 0.0241. The van der Waals surface area contributed by atoms with Gasteiger partial charge in [-0.25, -0.2) is 4.98 Å². The van der Waals surface area contributed by atoms with E-state index >= 15 is 0 Å². The van der Waals surface area contributed by atoms with E-state index in [1.807, 2.05) is 22.9 Å². The SMILES string of the molecule is O=C(Cc1csc(-c2cccs2)n1)NC1(CO)CCC1. The molecule has 1 aliphatic carbocycles. The van der Waals surface area contributed by atoms with Crippen LogP contribution in [-0.4, -0.2) is 28.1 Å². The predicted molar refractivity (Wildman–Crippen MR) is 80.9 cm³/mol. The zero-order valence-corrected chi connectivity index (χ0v) is 12.6. The first kappa shape index (κ1) is 13.7. The van der Waals surface area contributed by atoms with Crippen molar-refractivity contribution in [2.75, 3.05) is 6.61 Å². The summed E-state index contributed by atoms with van der Waals surface area (Å²) in [5, 5.41) is 17.2. The Hall–Kier alpha value is -1.24. The molecule has 0 bridgehead atoms. The summed E-state index contributed by atoms with van der Waals surface area (Å²) in [4.78, 5) is 17.7. The molecule has 20 heavy (non-hydrogen) atoms. The Balaban J connectivity index is 1.62. The standard InChI is InChI=1S/C14H16N2O2S2/c17-9-14(4-2-5-14)16-12(18)7-10-8-20-13(15-10)11-3-1-6-19-11/h1,3,6,8,17H,2,4-5,7,9H2,(H,16,18). The van der Waals surface area contributed by atoms with E-state index < -0.39 is 0 Å². The molecule has 4 nitrogen and oxygen atoms in total. The number of aliphatic hydroxyl groups is 1. The van der Waals surface area contributed by atoms with Gasteiger partial charge in [0.2, 0.25) is 5.91 Å². The molecule has 1 saturated carbocycles. The third-order valence-electron chi connectivity index (χ3n) is 3.64. The number of thiophene rings is 1. The highest BCUT2D eigenvalue weighted by Gasteiger charge is 2.37. The average molecular weight is 308 g/mol. The van der Waals surface area contributed by atoms with Gasteiger partial charge in [-0.1, -0.05) is 6.07 Å². The fourth-order valence-electron chi connectivity index (χ4n) is 2.33. The summed E-state index contributed by atoms with van der Waals surface area (Å²) in [6, 6.07) is 4.03. The molecular formula is C14H16N2O2S2. The van der Waals surface area contributed by atoms with Crippen molar-refractivity contribution in [1.29, 1.82) is 0 Å². The van der Waals surface area contributed by atoms with E-state index in [9.17, 15) is 9.90 Å². The van der Waals surface area contributed by atoms with Gasteiger partial charge in [-0.15, -0.1) is 22.7 Å². The highest BCUT2D eigenvalue weighted by molar-refractivity contribution is 7.20. The molecule has 6 heteroatoms. The van der Waals surface area contributed by atoms with E-state index in [0.29, 0.717) is 0 Å². The van der Waals surface area contributed by atoms with E-state index in [1.165, 1.54) is 0 Å². The minimum absolute atomic E-state index is 0.0241. The lowest BCUT2D eigenvalue weighted by atomic mass is 9.77. The van der Waals surface area contributed by atoms with Crippen LogP contribution in [0.15, 0.2) is 22.9 Å². The number of carbonyl (C=O) groups excluding carboxylic acids is 1. The third kappa shape index (κ3) is 2.77. The molecule has 2 N–H and O–H groups in total. The molecule has 2 aromatic rings. The Morgan fingerprint density at radius 1 is 1.45 bits per heavy atom. The minimum Gasteiger partial charge on any atom is -0.394 e. The van der Waals surface area contributed by atoms with E-state index in [2.05, 4.69) is 10.3 Å². The summed E-state index contributed by atoms with van der Waals surface area (Å²) in [7, 11) is 0. The Kier molecular flexibility index (Phi) is 3.87. The number of nitrogens with one attached hydrogen (secondary N) is 1. The molecule has 0 aliphatic heterocycles. The largest absolute Gasteiger partial charge is 0.394 e. The summed E-state index contributed by atoms with van der Waals surface area (Å²) in [5.74, 6) is -0.0539. The van der Waals surface area contributed by atoms with Gasteiger partial charge in [0.15, 0.2) is 0 Å². The second-order valence-corrected chi connectivity index (χ2v) is 6.94. The molecule has 2 heterocycles. The van der Waals surface area contributed by atoms with Gasteiger partial charge in [0, 0.05) is 5.38 Å². The molecule has 0 aromatic carbocycles. The molecule has 0 saturated heterocycles. The zero-order chi connectivity index (χ0) is 14.0. The normalized spacial score (nSPS) is 16.6. The van der Waals surface area contributed by atoms with Crippen molar-refractivity contribution in [3.05, 3.63) is 28.6 Å². The highest BCUT2D eigenvalue weighted by Crippen LogP contribution is 2.31. The summed E-state index contributed by atoms with van der Waals surface area (Å²) < 4.78 is 0. The van der Waals surface area contributed by atoms with Crippen LogP contribution in [0.5, 0.6) is 0 Å². The molecule has 2 aromatic heterocycles. The number of thiazole rings is 1. The maximum Gasteiger partial charge on any atom is 0.226 e. The number of amides is 1. The molecule has 0 atom stereocenters. The van der Waals surface area contributed by atoms with Crippen LogP contribution in [0.2, 0.25) is 0 Å². The Morgan fingerprint density at radius 2 is 2.30 bits per heavy atom. The van der Waals surface area contributed by atoms with Crippen LogP contribution in [0.3, 0.4) is 0 Å². The van der Waals surface area contributed by atoms with Crippen LogP contribution >= 0.6 is 22.7 Å². The van der Waals surface area contributed by atoms with Crippen LogP contribution < -0.4 is 5.32 Å². The van der Waals surface area contributed by atoms with E-state index in [0.717, 1.165) is 34.8 Å². The second kappa shape index (κ2) is 5.63. The van der Waals surface area contributed by atoms with Crippen molar-refractivity contribution in [3.63, 3.8) is 0 Å². The molecule has 0 radical (unpaired) electrons. The van der Waals surface area contributed by atoms with Crippen LogP contribution in [-0.2, 0) is 11.2 Å². The quantitative estimate of drug-likeness (QED) is 0.892. The van der Waals surface area contributed by atoms with Crippen molar-refractivity contribution >= 4 is 28.6 Å². The van der Waals surface area contributed by atoms with Crippen LogP contribution in [0, 0.1) is 0 Å². The van der Waals surface area contributed by atoms with Gasteiger partial charge < -0.3 is 10.4 Å². The van der Waals surface area contributed by atoms with Gasteiger partial charge in [-0.3, -0.25) is 4.79 Å². The van der Waals surface area contributed by atoms with Crippen molar-refractivity contribution in [1.82, 2.24) is 10.3 Å². The van der Waals surface area contributed by atoms with E-state index in [4.69, 9.17) is 0 Å². The fraction of sp³-hybridized carbons (Fsp3) is 0.429. The van der Waals surface area contributed by atoms with Gasteiger partial charge in [0.05, 0.1) is 29.1 Å². The molecule has 0 unspecified atom stereocenters. The van der Waals surface area contributed by atoms with Crippen LogP contribution in [0.25, 0.3) is 9.88 Å². The third-order valence-corrected chi connectivity index (χ3v) is 5.57. The maximum absolute atomic E-state index is 12.0. The first-order chi connectivity index (χ1) is 9.71. The lowest BCUT2D eigenvalue weighted by Crippen LogP contribution is -2.56. The van der Waals surface area contributed by atoms with Gasteiger partial charge in [0.25, 0.3) is 0 Å². The number of hydrogen-bond acceptors (Lipinski definition) is 5. The number of hydrogen-bond donors (Lipinski definition) is 2. The number of nitrogens with zero attached hydrogens (tertiary/aromatic N) is 1. The van der Waals surface area contributed by atoms with Crippen molar-refractivity contribution in [2.45, 2.75) is 31.2 Å². The topological polar surface area (TPSA) is 62.2 Å². The first-order valence-electron chi connectivity index (χ1n) is 6.61. The highest BCUT2D eigenvalue weighted by atomic mass is 32.1. The monoisotopic (exact) mass is 308 g/mol. The minimum atomic E-state index is -0.371. The number of aromatic nitrogens is 1. The summed E-state index contributed by atoms with van der Waals surface area (Å²) >= 11 is 3.21. The smallest absolute Gasteiger partial charge is 0.226 e. The molecular weight excluding hydrogens is 292 g/mol. The molecule has 1 fully saturated rings. The molecule has 1 aliphatic rings. The van der Waals surface area contributed by atoms with Gasteiger partial charge in [-0.2, -0.15) is 0 Å². The molecule has 1 amide bonds. The van der Waals surface area contributed by atoms with Gasteiger partial charge in [-0.05, 0) is 30.7 Å². The van der Waals surface area contributed by atoms with E-state index in [1.54, 1.807) is 22.7 Å². The lowest BCUT2D eigenvalue weighted by Gasteiger charge is -2.40. The summed E-state index contributed by atoms with van der Waals surface area (Å²) in [5.41, 5.74) is 0.423. The first-order valence-corrected chi connectivity index (χ1v) is 8.37. The van der Waals surface area contributed by atoms with Crippen LogP contribution in [0.4, 0.5) is 0 Å². The average Bonchev–Trinajstić information content (AvgIpc) is 3.03. The van der Waals surface area contributed by atoms with Gasteiger partial charge in [0.1, 0.15) is 5.01 Å². The van der Waals surface area contributed by atoms with Gasteiger partial charge >= 0.3 is 0 Å². The lowest BCUT2D eigenvalue weighted by molar-refractivity contribution is -0.124. The number of aliphatic hydroxyl groups excluding tert-OH is 1. The maximum atomic E-state index is 12.0. The predicted octanol–water partition coefficient (Wildman–Crippen LogP) is 2.45. The number of carbonyl (C=O) groups is 1. The van der Waals surface area contributed by atoms with Crippen molar-refractivity contribution in [2.24, 2.45) is 0 Å².